The molecule has 0 bridgehead atoms. The third-order valence-corrected chi connectivity index (χ3v) is 6.33. The fourth-order valence-electron chi connectivity index (χ4n) is 4.85. The number of ether oxygens (including phenoxy) is 1. The summed E-state index contributed by atoms with van der Waals surface area (Å²) in [6.45, 7) is 1.44. The average molecular weight is 390 g/mol. The van der Waals surface area contributed by atoms with Gasteiger partial charge in [0, 0.05) is 30.8 Å². The average Bonchev–Trinajstić information content (AvgIpc) is 3.51. The molecule has 2 fully saturated rings. The van der Waals surface area contributed by atoms with Crippen molar-refractivity contribution in [2.75, 3.05) is 20.2 Å². The number of nitrogens with zero attached hydrogens (tertiary/aromatic N) is 4. The highest BCUT2D eigenvalue weighted by molar-refractivity contribution is 5.94. The van der Waals surface area contributed by atoms with Gasteiger partial charge in [0.1, 0.15) is 17.1 Å². The molecule has 1 amide bonds. The summed E-state index contributed by atoms with van der Waals surface area (Å²) in [4.78, 5) is 24.6. The van der Waals surface area contributed by atoms with E-state index in [0.29, 0.717) is 23.8 Å². The van der Waals surface area contributed by atoms with Gasteiger partial charge in [-0.25, -0.2) is 9.97 Å². The Balaban J connectivity index is 1.44. The molecule has 1 aromatic carbocycles. The van der Waals surface area contributed by atoms with Crippen molar-refractivity contribution in [3.63, 3.8) is 0 Å². The lowest BCUT2D eigenvalue weighted by Gasteiger charge is -2.20. The van der Waals surface area contributed by atoms with Crippen LogP contribution >= 0.6 is 0 Å². The van der Waals surface area contributed by atoms with Crippen LogP contribution in [-0.4, -0.2) is 45.5 Å². The Morgan fingerprint density at radius 1 is 1.14 bits per heavy atom. The second-order valence-corrected chi connectivity index (χ2v) is 8.09. The molecule has 1 saturated carbocycles. The fraction of sp³-hybridized carbons (Fsp3) is 0.435. The highest BCUT2D eigenvalue weighted by Gasteiger charge is 2.33. The number of rotatable bonds is 4. The van der Waals surface area contributed by atoms with E-state index in [0.717, 1.165) is 30.0 Å². The number of pyridine rings is 1. The number of carbonyl (C=O) groups is 1. The molecule has 6 heteroatoms. The van der Waals surface area contributed by atoms with Crippen LogP contribution in [0.25, 0.3) is 11.2 Å². The second-order valence-electron chi connectivity index (χ2n) is 8.09. The Morgan fingerprint density at radius 2 is 2.00 bits per heavy atom. The quantitative estimate of drug-likeness (QED) is 0.670. The number of fused-ring (bicyclic) bond motifs is 1. The lowest BCUT2D eigenvalue weighted by atomic mass is 10.1. The minimum Gasteiger partial charge on any atom is -0.497 e. The van der Waals surface area contributed by atoms with Crippen LogP contribution in [0.3, 0.4) is 0 Å². The van der Waals surface area contributed by atoms with Crippen LogP contribution in [0.15, 0.2) is 42.6 Å². The molecule has 0 spiro atoms. The Hall–Kier alpha value is -2.89. The molecule has 3 aromatic rings. The molecule has 1 atom stereocenters. The van der Waals surface area contributed by atoms with E-state index in [9.17, 15) is 4.79 Å². The summed E-state index contributed by atoms with van der Waals surface area (Å²) >= 11 is 0. The largest absolute Gasteiger partial charge is 0.497 e. The summed E-state index contributed by atoms with van der Waals surface area (Å²) in [7, 11) is 1.62. The Labute approximate surface area is 170 Å². The van der Waals surface area contributed by atoms with Gasteiger partial charge in [0.05, 0.1) is 13.2 Å². The third kappa shape index (κ3) is 3.26. The van der Waals surface area contributed by atoms with E-state index in [2.05, 4.69) is 9.55 Å². The summed E-state index contributed by atoms with van der Waals surface area (Å²) in [5.41, 5.74) is 2.59. The molecule has 3 heterocycles. The van der Waals surface area contributed by atoms with Crippen molar-refractivity contribution < 1.29 is 9.53 Å². The number of amides is 1. The maximum absolute atomic E-state index is 13.1. The van der Waals surface area contributed by atoms with Gasteiger partial charge >= 0.3 is 0 Å². The molecule has 2 aliphatic rings. The predicted octanol–water partition coefficient (Wildman–Crippen LogP) is 4.18. The summed E-state index contributed by atoms with van der Waals surface area (Å²) < 4.78 is 7.61. The van der Waals surface area contributed by atoms with Gasteiger partial charge in [0.2, 0.25) is 0 Å². The third-order valence-electron chi connectivity index (χ3n) is 6.33. The van der Waals surface area contributed by atoms with Gasteiger partial charge in [-0.1, -0.05) is 18.9 Å². The van der Waals surface area contributed by atoms with Gasteiger partial charge in [0.25, 0.3) is 5.91 Å². The first-order valence-corrected chi connectivity index (χ1v) is 10.5. The molecule has 1 saturated heterocycles. The Bertz CT molecular complexity index is 1040. The maximum atomic E-state index is 13.1. The van der Waals surface area contributed by atoms with Crippen LogP contribution in [0.1, 0.15) is 60.2 Å². The maximum Gasteiger partial charge on any atom is 0.254 e. The van der Waals surface area contributed by atoms with Crippen molar-refractivity contribution in [2.24, 2.45) is 0 Å². The molecular formula is C23H26N4O2. The summed E-state index contributed by atoms with van der Waals surface area (Å²) in [6, 6.07) is 11.6. The molecule has 29 heavy (non-hydrogen) atoms. The van der Waals surface area contributed by atoms with Crippen molar-refractivity contribution in [2.45, 2.75) is 44.1 Å². The van der Waals surface area contributed by atoms with E-state index in [-0.39, 0.29) is 11.9 Å². The molecule has 2 aromatic heterocycles. The highest BCUT2D eigenvalue weighted by atomic mass is 16.5. The number of aromatic nitrogens is 3. The molecule has 5 rings (SSSR count). The van der Waals surface area contributed by atoms with Gasteiger partial charge in [-0.2, -0.15) is 0 Å². The topological polar surface area (TPSA) is 60.2 Å². The highest BCUT2D eigenvalue weighted by Crippen LogP contribution is 2.38. The predicted molar refractivity (Wildman–Crippen MR) is 111 cm³/mol. The monoisotopic (exact) mass is 390 g/mol. The Kier molecular flexibility index (Phi) is 4.70. The van der Waals surface area contributed by atoms with E-state index < -0.39 is 0 Å². The standard InChI is InChI=1S/C23H26N4O2/c1-29-19-9-4-8-17(14-19)23(28)26-13-11-18(15-26)27-21(16-6-2-3-7-16)25-20-10-5-12-24-22(20)27/h4-5,8-10,12,14,16,18H,2-3,6-7,11,13,15H2,1H3. The number of carbonyl (C=O) groups excluding carboxylic acids is 1. The van der Waals surface area contributed by atoms with E-state index in [1.165, 1.54) is 25.7 Å². The normalized spacial score (nSPS) is 19.9. The van der Waals surface area contributed by atoms with Gasteiger partial charge in [0.15, 0.2) is 5.65 Å². The van der Waals surface area contributed by atoms with Crippen molar-refractivity contribution in [1.82, 2.24) is 19.4 Å². The van der Waals surface area contributed by atoms with Crippen molar-refractivity contribution in [3.8, 4) is 5.75 Å². The van der Waals surface area contributed by atoms with Gasteiger partial charge < -0.3 is 14.2 Å². The van der Waals surface area contributed by atoms with Gasteiger partial charge in [-0.3, -0.25) is 4.79 Å². The molecule has 0 N–H and O–H groups in total. The van der Waals surface area contributed by atoms with Crippen LogP contribution in [0.4, 0.5) is 0 Å². The molecule has 1 aliphatic heterocycles. The van der Waals surface area contributed by atoms with Crippen LogP contribution in [-0.2, 0) is 0 Å². The van der Waals surface area contributed by atoms with E-state index in [1.807, 2.05) is 47.5 Å². The SMILES string of the molecule is COc1cccc(C(=O)N2CCC(n3c(C4CCCC4)nc4cccnc43)C2)c1. The minimum absolute atomic E-state index is 0.0613. The van der Waals surface area contributed by atoms with Gasteiger partial charge in [-0.05, 0) is 49.6 Å². The zero-order valence-corrected chi connectivity index (χ0v) is 16.8. The lowest BCUT2D eigenvalue weighted by Crippen LogP contribution is -2.29. The van der Waals surface area contributed by atoms with E-state index >= 15 is 0 Å². The minimum atomic E-state index is 0.0613. The number of benzene rings is 1. The number of hydrogen-bond donors (Lipinski definition) is 0. The smallest absolute Gasteiger partial charge is 0.254 e. The van der Waals surface area contributed by atoms with Crippen LogP contribution in [0.2, 0.25) is 0 Å². The summed E-state index contributed by atoms with van der Waals surface area (Å²) in [6.07, 6.45) is 7.70. The van der Waals surface area contributed by atoms with E-state index in [4.69, 9.17) is 9.72 Å². The number of likely N-dealkylation sites (tertiary alicyclic amines) is 1. The van der Waals surface area contributed by atoms with Crippen molar-refractivity contribution >= 4 is 17.1 Å². The van der Waals surface area contributed by atoms with Crippen LogP contribution < -0.4 is 4.74 Å². The summed E-state index contributed by atoms with van der Waals surface area (Å²) in [5.74, 6) is 2.44. The molecule has 6 nitrogen and oxygen atoms in total. The first-order valence-electron chi connectivity index (χ1n) is 10.5. The second kappa shape index (κ2) is 7.50. The van der Waals surface area contributed by atoms with Crippen molar-refractivity contribution in [3.05, 3.63) is 54.0 Å². The number of imidazole rings is 1. The fourth-order valence-corrected chi connectivity index (χ4v) is 4.85. The molecule has 1 aliphatic carbocycles. The first kappa shape index (κ1) is 18.2. The Morgan fingerprint density at radius 3 is 2.83 bits per heavy atom. The molecular weight excluding hydrogens is 364 g/mol. The van der Waals surface area contributed by atoms with Crippen LogP contribution in [0, 0.1) is 0 Å². The molecule has 0 radical (unpaired) electrons. The molecule has 1 unspecified atom stereocenters. The number of methoxy groups -OCH3 is 1. The van der Waals surface area contributed by atoms with Gasteiger partial charge in [-0.15, -0.1) is 0 Å². The van der Waals surface area contributed by atoms with Crippen molar-refractivity contribution in [1.29, 1.82) is 0 Å². The van der Waals surface area contributed by atoms with E-state index in [1.54, 1.807) is 7.11 Å². The lowest BCUT2D eigenvalue weighted by molar-refractivity contribution is 0.0787. The first-order chi connectivity index (χ1) is 14.2. The zero-order valence-electron chi connectivity index (χ0n) is 16.8. The summed E-state index contributed by atoms with van der Waals surface area (Å²) in [5, 5.41) is 0. The zero-order chi connectivity index (χ0) is 19.8. The number of hydrogen-bond acceptors (Lipinski definition) is 4. The van der Waals surface area contributed by atoms with Crippen LogP contribution in [0.5, 0.6) is 5.75 Å². The molecule has 150 valence electrons.